The van der Waals surface area contributed by atoms with Gasteiger partial charge >= 0.3 is 6.03 Å². The van der Waals surface area contributed by atoms with Crippen molar-refractivity contribution in [3.05, 3.63) is 7.05 Å². The summed E-state index contributed by atoms with van der Waals surface area (Å²) < 4.78 is 0. The van der Waals surface area contributed by atoms with Crippen LogP contribution in [0.15, 0.2) is 0 Å². The van der Waals surface area contributed by atoms with Crippen LogP contribution in [0.4, 0.5) is 4.79 Å². The molecule has 0 bridgehead atoms. The summed E-state index contributed by atoms with van der Waals surface area (Å²) in [5.74, 6) is 0. The predicted octanol–water partition coefficient (Wildman–Crippen LogP) is 0.125. The highest BCUT2D eigenvalue weighted by Crippen LogP contribution is 1.99. The number of hydrogen-bond donors (Lipinski definition) is 1. The van der Waals surface area contributed by atoms with Crippen LogP contribution in [-0.2, 0) is 0 Å². The highest BCUT2D eigenvalue weighted by atomic mass is 16.2. The van der Waals surface area contributed by atoms with Crippen molar-refractivity contribution in [1.82, 2.24) is 15.1 Å². The van der Waals surface area contributed by atoms with E-state index in [0.29, 0.717) is 6.54 Å². The molecule has 4 heteroatoms. The SMILES string of the molecule is [CH2]N1CCN(C(=O)NCC)CC1. The zero-order valence-corrected chi connectivity index (χ0v) is 7.55. The second-order valence-electron chi connectivity index (χ2n) is 2.94. The molecule has 1 radical (unpaired) electrons. The van der Waals surface area contributed by atoms with E-state index in [1.54, 1.807) is 0 Å². The van der Waals surface area contributed by atoms with E-state index in [2.05, 4.69) is 12.4 Å². The normalized spacial score (nSPS) is 19.3. The molecule has 0 aromatic carbocycles. The Labute approximate surface area is 73.5 Å². The van der Waals surface area contributed by atoms with E-state index in [0.717, 1.165) is 26.2 Å². The molecule has 4 nitrogen and oxygen atoms in total. The van der Waals surface area contributed by atoms with Gasteiger partial charge in [0.15, 0.2) is 0 Å². The van der Waals surface area contributed by atoms with Crippen molar-refractivity contribution in [2.24, 2.45) is 0 Å². The zero-order valence-electron chi connectivity index (χ0n) is 7.55. The minimum atomic E-state index is 0.0469. The van der Waals surface area contributed by atoms with E-state index in [4.69, 9.17) is 0 Å². The number of urea groups is 1. The van der Waals surface area contributed by atoms with Gasteiger partial charge < -0.3 is 10.2 Å². The van der Waals surface area contributed by atoms with Crippen molar-refractivity contribution >= 4 is 6.03 Å². The largest absolute Gasteiger partial charge is 0.338 e. The summed E-state index contributed by atoms with van der Waals surface area (Å²) >= 11 is 0. The molecule has 69 valence electrons. The Bertz CT molecular complexity index is 152. The van der Waals surface area contributed by atoms with Crippen molar-refractivity contribution in [3.63, 3.8) is 0 Å². The van der Waals surface area contributed by atoms with E-state index in [9.17, 15) is 4.79 Å². The third-order valence-corrected chi connectivity index (χ3v) is 1.99. The fourth-order valence-corrected chi connectivity index (χ4v) is 1.21. The number of piperazine rings is 1. The number of hydrogen-bond acceptors (Lipinski definition) is 2. The van der Waals surface area contributed by atoms with Gasteiger partial charge in [-0.05, 0) is 6.92 Å². The fourth-order valence-electron chi connectivity index (χ4n) is 1.21. The van der Waals surface area contributed by atoms with Crippen LogP contribution in [0.5, 0.6) is 0 Å². The molecule has 0 unspecified atom stereocenters. The molecule has 0 spiro atoms. The average Bonchev–Trinajstić information content (AvgIpc) is 2.06. The summed E-state index contributed by atoms with van der Waals surface area (Å²) in [5, 5.41) is 2.78. The van der Waals surface area contributed by atoms with Crippen molar-refractivity contribution in [3.8, 4) is 0 Å². The molecule has 1 saturated heterocycles. The van der Waals surface area contributed by atoms with Gasteiger partial charge in [-0.15, -0.1) is 0 Å². The van der Waals surface area contributed by atoms with E-state index < -0.39 is 0 Å². The molecule has 0 aliphatic carbocycles. The van der Waals surface area contributed by atoms with Crippen LogP contribution in [-0.4, -0.2) is 48.6 Å². The van der Waals surface area contributed by atoms with Gasteiger partial charge in [0.05, 0.1) is 0 Å². The van der Waals surface area contributed by atoms with E-state index >= 15 is 0 Å². The minimum absolute atomic E-state index is 0.0469. The maximum atomic E-state index is 11.3. The Morgan fingerprint density at radius 1 is 1.42 bits per heavy atom. The second kappa shape index (κ2) is 4.30. The molecule has 1 fully saturated rings. The monoisotopic (exact) mass is 170 g/mol. The first-order chi connectivity index (χ1) is 5.74. The number of nitrogens with one attached hydrogen (secondary N) is 1. The lowest BCUT2D eigenvalue weighted by molar-refractivity contribution is 0.162. The highest BCUT2D eigenvalue weighted by molar-refractivity contribution is 5.74. The molecule has 0 aromatic rings. The highest BCUT2D eigenvalue weighted by Gasteiger charge is 2.17. The first-order valence-corrected chi connectivity index (χ1v) is 4.32. The van der Waals surface area contributed by atoms with Crippen LogP contribution >= 0.6 is 0 Å². The number of rotatable bonds is 1. The third-order valence-electron chi connectivity index (χ3n) is 1.99. The molecule has 0 saturated carbocycles. The van der Waals surface area contributed by atoms with Gasteiger partial charge in [-0.3, -0.25) is 4.90 Å². The maximum Gasteiger partial charge on any atom is 0.317 e. The standard InChI is InChI=1S/C8H16N3O/c1-3-9-8(12)11-6-4-10(2)5-7-11/h2-7H2,1H3,(H,9,12). The minimum Gasteiger partial charge on any atom is -0.338 e. The van der Waals surface area contributed by atoms with Crippen LogP contribution in [0.2, 0.25) is 0 Å². The quantitative estimate of drug-likeness (QED) is 0.607. The van der Waals surface area contributed by atoms with Crippen molar-refractivity contribution in [1.29, 1.82) is 0 Å². The smallest absolute Gasteiger partial charge is 0.317 e. The third kappa shape index (κ3) is 2.37. The van der Waals surface area contributed by atoms with Gasteiger partial charge in [-0.2, -0.15) is 0 Å². The number of carbonyl (C=O) groups is 1. The van der Waals surface area contributed by atoms with Crippen LogP contribution in [0.3, 0.4) is 0 Å². The molecular formula is C8H16N3O. The molecular weight excluding hydrogens is 154 g/mol. The Kier molecular flexibility index (Phi) is 3.34. The van der Waals surface area contributed by atoms with Crippen molar-refractivity contribution in [2.45, 2.75) is 6.92 Å². The van der Waals surface area contributed by atoms with Gasteiger partial charge in [-0.25, -0.2) is 4.79 Å². The van der Waals surface area contributed by atoms with Gasteiger partial charge in [0.1, 0.15) is 0 Å². The number of amides is 2. The lowest BCUT2D eigenvalue weighted by Crippen LogP contribution is -2.50. The molecule has 1 N–H and O–H groups in total. The molecule has 0 atom stereocenters. The van der Waals surface area contributed by atoms with Crippen LogP contribution in [0.1, 0.15) is 6.92 Å². The van der Waals surface area contributed by atoms with Gasteiger partial charge in [-0.1, -0.05) is 0 Å². The second-order valence-corrected chi connectivity index (χ2v) is 2.94. The molecule has 1 heterocycles. The van der Waals surface area contributed by atoms with Crippen LogP contribution in [0.25, 0.3) is 0 Å². The van der Waals surface area contributed by atoms with Crippen molar-refractivity contribution in [2.75, 3.05) is 32.7 Å². The molecule has 2 amide bonds. The summed E-state index contributed by atoms with van der Waals surface area (Å²) in [6, 6.07) is 0.0469. The van der Waals surface area contributed by atoms with Gasteiger partial charge in [0, 0.05) is 39.8 Å². The summed E-state index contributed by atoms with van der Waals surface area (Å²) in [5.41, 5.74) is 0. The lowest BCUT2D eigenvalue weighted by atomic mass is 10.3. The molecule has 1 aliphatic heterocycles. The Hall–Kier alpha value is -0.770. The fraction of sp³-hybridized carbons (Fsp3) is 0.750. The first kappa shape index (κ1) is 9.32. The van der Waals surface area contributed by atoms with Crippen LogP contribution < -0.4 is 5.32 Å². The Balaban J connectivity index is 2.29. The first-order valence-electron chi connectivity index (χ1n) is 4.32. The Morgan fingerprint density at radius 2 is 2.00 bits per heavy atom. The summed E-state index contributed by atoms with van der Waals surface area (Å²) in [7, 11) is 3.81. The average molecular weight is 170 g/mol. The van der Waals surface area contributed by atoms with Gasteiger partial charge in [0.25, 0.3) is 0 Å². The van der Waals surface area contributed by atoms with Crippen LogP contribution in [0, 0.1) is 7.05 Å². The number of nitrogens with zero attached hydrogens (tertiary/aromatic N) is 2. The van der Waals surface area contributed by atoms with Gasteiger partial charge in [0.2, 0.25) is 0 Å². The number of carbonyl (C=O) groups excluding carboxylic acids is 1. The molecule has 0 aromatic heterocycles. The van der Waals surface area contributed by atoms with E-state index in [-0.39, 0.29) is 6.03 Å². The van der Waals surface area contributed by atoms with Crippen molar-refractivity contribution < 1.29 is 4.79 Å². The summed E-state index contributed by atoms with van der Waals surface area (Å²) in [6.07, 6.45) is 0. The summed E-state index contributed by atoms with van der Waals surface area (Å²) in [4.78, 5) is 15.1. The van der Waals surface area contributed by atoms with E-state index in [1.807, 2.05) is 16.7 Å². The maximum absolute atomic E-state index is 11.3. The molecule has 1 rings (SSSR count). The summed E-state index contributed by atoms with van der Waals surface area (Å²) in [6.45, 7) is 5.94. The Morgan fingerprint density at radius 3 is 2.50 bits per heavy atom. The zero-order chi connectivity index (χ0) is 8.97. The predicted molar refractivity (Wildman–Crippen MR) is 47.6 cm³/mol. The van der Waals surface area contributed by atoms with E-state index in [1.165, 1.54) is 0 Å². The topological polar surface area (TPSA) is 35.6 Å². The molecule has 1 aliphatic rings. The lowest BCUT2D eigenvalue weighted by Gasteiger charge is -2.32. The molecule has 12 heavy (non-hydrogen) atoms.